The molecule has 2 rings (SSSR count). The third-order valence-electron chi connectivity index (χ3n) is 2.82. The molecule has 1 aliphatic rings. The second kappa shape index (κ2) is 4.30. The van der Waals surface area contributed by atoms with E-state index in [-0.39, 0.29) is 11.9 Å². The van der Waals surface area contributed by atoms with Crippen molar-refractivity contribution in [2.45, 2.75) is 18.8 Å². The van der Waals surface area contributed by atoms with E-state index in [2.05, 4.69) is 12.1 Å². The van der Waals surface area contributed by atoms with Gasteiger partial charge >= 0.3 is 5.97 Å². The minimum atomic E-state index is -0.193. The molecule has 1 atom stereocenters. The molecule has 0 aromatic heterocycles. The summed E-state index contributed by atoms with van der Waals surface area (Å²) in [7, 11) is 1.43. The lowest BCUT2D eigenvalue weighted by atomic mass is 9.93. The lowest BCUT2D eigenvalue weighted by Gasteiger charge is -2.13. The van der Waals surface area contributed by atoms with Gasteiger partial charge in [0.05, 0.1) is 7.11 Å². The minimum Gasteiger partial charge on any atom is -0.466 e. The van der Waals surface area contributed by atoms with Crippen molar-refractivity contribution in [1.82, 2.24) is 0 Å². The molecule has 0 amide bonds. The highest BCUT2D eigenvalue weighted by atomic mass is 16.5. The molecule has 0 saturated heterocycles. The first kappa shape index (κ1) is 9.97. The number of hydrogen-bond acceptors (Lipinski definition) is 2. The summed E-state index contributed by atoms with van der Waals surface area (Å²) in [5.74, 6) is 0.0278. The lowest BCUT2D eigenvalue weighted by Crippen LogP contribution is -2.09. The van der Waals surface area contributed by atoms with Crippen molar-refractivity contribution in [2.24, 2.45) is 0 Å². The van der Waals surface area contributed by atoms with Crippen LogP contribution in [0.1, 0.15) is 24.3 Å². The van der Waals surface area contributed by atoms with Gasteiger partial charge in [0.15, 0.2) is 0 Å². The fourth-order valence-electron chi connectivity index (χ4n) is 2.08. The fraction of sp³-hybridized carbons (Fsp3) is 0.308. The van der Waals surface area contributed by atoms with E-state index in [1.54, 1.807) is 0 Å². The second-order valence-electron chi connectivity index (χ2n) is 3.69. The van der Waals surface area contributed by atoms with Crippen molar-refractivity contribution >= 4 is 5.97 Å². The molecule has 1 aromatic carbocycles. The summed E-state index contributed by atoms with van der Waals surface area (Å²) in [5.41, 5.74) is 2.01. The standard InChI is InChI=1S/C13H14O2/c1-15-13(14)12-9-5-8-11(12)10-6-3-2-4-7-10/h2-4,6-7,9,11H,5,8H2,1H3. The van der Waals surface area contributed by atoms with Gasteiger partial charge in [0, 0.05) is 11.5 Å². The molecule has 78 valence electrons. The summed E-state index contributed by atoms with van der Waals surface area (Å²) in [5, 5.41) is 0. The first-order valence-corrected chi connectivity index (χ1v) is 5.16. The van der Waals surface area contributed by atoms with Gasteiger partial charge in [0.25, 0.3) is 0 Å². The Morgan fingerprint density at radius 2 is 2.07 bits per heavy atom. The first-order valence-electron chi connectivity index (χ1n) is 5.16. The van der Waals surface area contributed by atoms with Gasteiger partial charge in [-0.1, -0.05) is 36.4 Å². The molecule has 2 heteroatoms. The smallest absolute Gasteiger partial charge is 0.334 e. The van der Waals surface area contributed by atoms with E-state index >= 15 is 0 Å². The summed E-state index contributed by atoms with van der Waals surface area (Å²) in [6, 6.07) is 10.1. The van der Waals surface area contributed by atoms with Crippen molar-refractivity contribution in [3.63, 3.8) is 0 Å². The van der Waals surface area contributed by atoms with Crippen LogP contribution in [0.2, 0.25) is 0 Å². The molecule has 0 saturated carbocycles. The van der Waals surface area contributed by atoms with E-state index in [0.29, 0.717) is 0 Å². The van der Waals surface area contributed by atoms with Crippen LogP contribution in [0.4, 0.5) is 0 Å². The molecule has 15 heavy (non-hydrogen) atoms. The highest BCUT2D eigenvalue weighted by Gasteiger charge is 2.26. The average molecular weight is 202 g/mol. The SMILES string of the molecule is COC(=O)C1=CCCC1c1ccccc1. The summed E-state index contributed by atoms with van der Waals surface area (Å²) in [4.78, 5) is 11.5. The molecule has 1 aliphatic carbocycles. The predicted octanol–water partition coefficient (Wildman–Crippen LogP) is 2.66. The Balaban J connectivity index is 2.25. The van der Waals surface area contributed by atoms with Crippen LogP contribution in [0.5, 0.6) is 0 Å². The number of methoxy groups -OCH3 is 1. The summed E-state index contributed by atoms with van der Waals surface area (Å²) >= 11 is 0. The van der Waals surface area contributed by atoms with Gasteiger partial charge in [0.1, 0.15) is 0 Å². The normalized spacial score (nSPS) is 19.8. The topological polar surface area (TPSA) is 26.3 Å². The molecule has 0 fully saturated rings. The summed E-state index contributed by atoms with van der Waals surface area (Å²) in [6.45, 7) is 0. The van der Waals surface area contributed by atoms with Crippen LogP contribution in [0.25, 0.3) is 0 Å². The molecule has 0 heterocycles. The Bertz CT molecular complexity index is 379. The molecule has 0 bridgehead atoms. The molecule has 1 aromatic rings. The number of carbonyl (C=O) groups excluding carboxylic acids is 1. The van der Waals surface area contributed by atoms with E-state index in [1.807, 2.05) is 24.3 Å². The van der Waals surface area contributed by atoms with Crippen LogP contribution < -0.4 is 0 Å². The zero-order chi connectivity index (χ0) is 10.7. The van der Waals surface area contributed by atoms with Crippen molar-refractivity contribution in [2.75, 3.05) is 7.11 Å². The molecule has 1 unspecified atom stereocenters. The molecule has 0 radical (unpaired) electrons. The molecular formula is C13H14O2. The number of ether oxygens (including phenoxy) is 1. The van der Waals surface area contributed by atoms with Crippen molar-refractivity contribution in [3.8, 4) is 0 Å². The van der Waals surface area contributed by atoms with Crippen molar-refractivity contribution in [3.05, 3.63) is 47.5 Å². The number of allylic oxidation sites excluding steroid dienone is 1. The Hall–Kier alpha value is -1.57. The van der Waals surface area contributed by atoms with Gasteiger partial charge in [-0.2, -0.15) is 0 Å². The van der Waals surface area contributed by atoms with Crippen LogP contribution >= 0.6 is 0 Å². The highest BCUT2D eigenvalue weighted by molar-refractivity contribution is 5.90. The van der Waals surface area contributed by atoms with E-state index in [4.69, 9.17) is 4.74 Å². The molecule has 0 aliphatic heterocycles. The zero-order valence-corrected chi connectivity index (χ0v) is 8.77. The number of hydrogen-bond donors (Lipinski definition) is 0. The average Bonchev–Trinajstić information content (AvgIpc) is 2.78. The number of benzene rings is 1. The van der Waals surface area contributed by atoms with Crippen LogP contribution in [0, 0.1) is 0 Å². The van der Waals surface area contributed by atoms with Crippen molar-refractivity contribution in [1.29, 1.82) is 0 Å². The Morgan fingerprint density at radius 1 is 1.33 bits per heavy atom. The monoisotopic (exact) mass is 202 g/mol. The molecule has 2 nitrogen and oxygen atoms in total. The maximum absolute atomic E-state index is 11.5. The minimum absolute atomic E-state index is 0.193. The van der Waals surface area contributed by atoms with Gasteiger partial charge in [-0.05, 0) is 18.4 Å². The van der Waals surface area contributed by atoms with Crippen LogP contribution in [0.15, 0.2) is 42.0 Å². The first-order chi connectivity index (χ1) is 7.33. The Morgan fingerprint density at radius 3 is 2.73 bits per heavy atom. The number of esters is 1. The third kappa shape index (κ3) is 1.94. The van der Waals surface area contributed by atoms with Gasteiger partial charge < -0.3 is 4.74 Å². The maximum atomic E-state index is 11.5. The van der Waals surface area contributed by atoms with Gasteiger partial charge in [-0.3, -0.25) is 0 Å². The van der Waals surface area contributed by atoms with E-state index in [0.717, 1.165) is 18.4 Å². The third-order valence-corrected chi connectivity index (χ3v) is 2.82. The van der Waals surface area contributed by atoms with Crippen LogP contribution in [-0.4, -0.2) is 13.1 Å². The quantitative estimate of drug-likeness (QED) is 0.689. The van der Waals surface area contributed by atoms with E-state index < -0.39 is 0 Å². The lowest BCUT2D eigenvalue weighted by molar-refractivity contribution is -0.136. The molecule has 0 spiro atoms. The van der Waals surface area contributed by atoms with E-state index in [9.17, 15) is 4.79 Å². The van der Waals surface area contributed by atoms with Gasteiger partial charge in [0.2, 0.25) is 0 Å². The Labute approximate surface area is 89.6 Å². The van der Waals surface area contributed by atoms with Crippen LogP contribution in [-0.2, 0) is 9.53 Å². The Kier molecular flexibility index (Phi) is 2.86. The number of rotatable bonds is 2. The predicted molar refractivity (Wildman–Crippen MR) is 58.5 cm³/mol. The molecule has 0 N–H and O–H groups in total. The maximum Gasteiger partial charge on any atom is 0.334 e. The number of carbonyl (C=O) groups is 1. The fourth-order valence-corrected chi connectivity index (χ4v) is 2.08. The van der Waals surface area contributed by atoms with Crippen molar-refractivity contribution < 1.29 is 9.53 Å². The van der Waals surface area contributed by atoms with Gasteiger partial charge in [-0.25, -0.2) is 4.79 Å². The second-order valence-corrected chi connectivity index (χ2v) is 3.69. The summed E-state index contributed by atoms with van der Waals surface area (Å²) < 4.78 is 4.78. The van der Waals surface area contributed by atoms with Crippen LogP contribution in [0.3, 0.4) is 0 Å². The highest BCUT2D eigenvalue weighted by Crippen LogP contribution is 2.35. The largest absolute Gasteiger partial charge is 0.466 e. The zero-order valence-electron chi connectivity index (χ0n) is 8.77. The summed E-state index contributed by atoms with van der Waals surface area (Å²) in [6.07, 6.45) is 3.96. The molecular weight excluding hydrogens is 188 g/mol. The van der Waals surface area contributed by atoms with Gasteiger partial charge in [-0.15, -0.1) is 0 Å². The van der Waals surface area contributed by atoms with E-state index in [1.165, 1.54) is 12.7 Å².